The summed E-state index contributed by atoms with van der Waals surface area (Å²) in [5.41, 5.74) is 4.72. The van der Waals surface area contributed by atoms with Crippen molar-refractivity contribution in [3.63, 3.8) is 0 Å². The molecule has 0 radical (unpaired) electrons. The van der Waals surface area contributed by atoms with Crippen molar-refractivity contribution in [2.45, 2.75) is 39.5 Å². The topological polar surface area (TPSA) is 56.3 Å². The summed E-state index contributed by atoms with van der Waals surface area (Å²) >= 11 is 0. The minimum Gasteiger partial charge on any atom is -0.378 e. The van der Waals surface area contributed by atoms with Crippen molar-refractivity contribution >= 4 is 21.0 Å². The Balaban J connectivity index is 2.19. The second-order valence-corrected chi connectivity index (χ2v) is 7.89. The number of benzene rings is 2. The van der Waals surface area contributed by atoms with E-state index in [1.165, 1.54) is 0 Å². The van der Waals surface area contributed by atoms with Gasteiger partial charge in [0.1, 0.15) is 4.90 Å². The first-order valence-corrected chi connectivity index (χ1v) is 9.50. The van der Waals surface area contributed by atoms with E-state index in [-0.39, 0.29) is 4.90 Å². The van der Waals surface area contributed by atoms with Crippen LogP contribution in [-0.2, 0) is 10.1 Å². The van der Waals surface area contributed by atoms with Crippen molar-refractivity contribution in [2.24, 2.45) is 0 Å². The van der Waals surface area contributed by atoms with Crippen LogP contribution >= 0.6 is 0 Å². The van der Waals surface area contributed by atoms with Gasteiger partial charge in [0.05, 0.1) is 5.52 Å². The number of para-hydroxylation sites is 1. The summed E-state index contributed by atoms with van der Waals surface area (Å²) in [5.74, 6) is 0.307. The maximum Gasteiger partial charge on any atom is 0.339 e. The number of hydrogen-bond acceptors (Lipinski definition) is 4. The van der Waals surface area contributed by atoms with Gasteiger partial charge in [-0.1, -0.05) is 18.2 Å². The predicted molar refractivity (Wildman–Crippen MR) is 99.7 cm³/mol. The molecule has 3 aromatic rings. The van der Waals surface area contributed by atoms with Gasteiger partial charge in [0, 0.05) is 17.1 Å². The molecule has 0 atom stereocenters. The fourth-order valence-corrected chi connectivity index (χ4v) is 4.58. The van der Waals surface area contributed by atoms with Crippen molar-refractivity contribution in [3.05, 3.63) is 64.3 Å². The highest BCUT2D eigenvalue weighted by Crippen LogP contribution is 2.32. The predicted octanol–water partition coefficient (Wildman–Crippen LogP) is 4.54. The first-order valence-electron chi connectivity index (χ1n) is 8.09. The molecule has 0 aliphatic rings. The summed E-state index contributed by atoms with van der Waals surface area (Å²) in [7, 11) is -3.96. The van der Waals surface area contributed by atoms with Gasteiger partial charge in [0.2, 0.25) is 0 Å². The van der Waals surface area contributed by atoms with E-state index in [9.17, 15) is 8.42 Å². The molecule has 0 N–H and O–H groups in total. The zero-order chi connectivity index (χ0) is 18.4. The standard InChI is InChI=1S/C20H21NO3S/c1-12-10-13(2)16(5)20(15(12)4)25(22,23)24-19-11-14(3)21-18-9-7-6-8-17(18)19/h6-11H,1-5H3. The molecule has 0 spiro atoms. The van der Waals surface area contributed by atoms with E-state index >= 15 is 0 Å². The molecule has 1 aromatic heterocycles. The van der Waals surface area contributed by atoms with Gasteiger partial charge in [0.15, 0.2) is 5.75 Å². The maximum absolute atomic E-state index is 13.1. The Morgan fingerprint density at radius 2 is 1.48 bits per heavy atom. The second-order valence-electron chi connectivity index (χ2n) is 6.41. The number of fused-ring (bicyclic) bond motifs is 1. The van der Waals surface area contributed by atoms with E-state index in [0.29, 0.717) is 22.3 Å². The molecule has 25 heavy (non-hydrogen) atoms. The van der Waals surface area contributed by atoms with Crippen LogP contribution in [0.25, 0.3) is 10.9 Å². The number of pyridine rings is 1. The second kappa shape index (κ2) is 6.15. The number of hydrogen-bond donors (Lipinski definition) is 0. The molecule has 0 aliphatic carbocycles. The summed E-state index contributed by atoms with van der Waals surface area (Å²) in [6.07, 6.45) is 0. The van der Waals surface area contributed by atoms with Crippen molar-refractivity contribution < 1.29 is 12.6 Å². The van der Waals surface area contributed by atoms with Crippen LogP contribution in [0.3, 0.4) is 0 Å². The third-order valence-electron chi connectivity index (χ3n) is 4.55. The Bertz CT molecular complexity index is 1060. The van der Waals surface area contributed by atoms with Gasteiger partial charge < -0.3 is 4.18 Å². The number of aromatic nitrogens is 1. The van der Waals surface area contributed by atoms with Crippen LogP contribution in [-0.4, -0.2) is 13.4 Å². The minimum absolute atomic E-state index is 0.253. The number of rotatable bonds is 3. The first kappa shape index (κ1) is 17.4. The molecule has 130 valence electrons. The summed E-state index contributed by atoms with van der Waals surface area (Å²) in [5, 5.41) is 0.677. The molecule has 0 saturated heterocycles. The molecule has 0 aliphatic heterocycles. The molecular formula is C20H21NO3S. The van der Waals surface area contributed by atoms with Gasteiger partial charge in [-0.05, 0) is 69.0 Å². The average Bonchev–Trinajstić information content (AvgIpc) is 2.52. The van der Waals surface area contributed by atoms with Crippen LogP contribution in [0.4, 0.5) is 0 Å². The normalized spacial score (nSPS) is 11.7. The Kier molecular flexibility index (Phi) is 4.29. The summed E-state index contributed by atoms with van der Waals surface area (Å²) < 4.78 is 31.7. The highest BCUT2D eigenvalue weighted by Gasteiger charge is 2.25. The van der Waals surface area contributed by atoms with Crippen LogP contribution in [0.2, 0.25) is 0 Å². The lowest BCUT2D eigenvalue weighted by Crippen LogP contribution is -2.15. The smallest absolute Gasteiger partial charge is 0.339 e. The summed E-state index contributed by atoms with van der Waals surface area (Å²) in [6.45, 7) is 9.26. The third-order valence-corrected chi connectivity index (χ3v) is 6.06. The Labute approximate surface area is 148 Å². The van der Waals surface area contributed by atoms with Gasteiger partial charge in [-0.2, -0.15) is 8.42 Å². The largest absolute Gasteiger partial charge is 0.378 e. The van der Waals surface area contributed by atoms with Gasteiger partial charge in [-0.3, -0.25) is 4.98 Å². The van der Waals surface area contributed by atoms with Crippen LogP contribution in [0.1, 0.15) is 27.9 Å². The summed E-state index contributed by atoms with van der Waals surface area (Å²) in [4.78, 5) is 4.68. The van der Waals surface area contributed by atoms with E-state index in [2.05, 4.69) is 4.98 Å². The molecule has 0 saturated carbocycles. The number of aryl methyl sites for hydroxylation is 3. The van der Waals surface area contributed by atoms with E-state index in [1.54, 1.807) is 6.07 Å². The Morgan fingerprint density at radius 1 is 0.880 bits per heavy atom. The molecule has 2 aromatic carbocycles. The van der Waals surface area contributed by atoms with Crippen LogP contribution in [0.15, 0.2) is 41.3 Å². The first-order chi connectivity index (χ1) is 11.7. The molecule has 0 amide bonds. The van der Waals surface area contributed by atoms with Crippen molar-refractivity contribution in [3.8, 4) is 5.75 Å². The number of nitrogens with zero attached hydrogens (tertiary/aromatic N) is 1. The summed E-state index contributed by atoms with van der Waals surface area (Å²) in [6, 6.07) is 11.0. The monoisotopic (exact) mass is 355 g/mol. The zero-order valence-electron chi connectivity index (χ0n) is 15.0. The fraction of sp³-hybridized carbons (Fsp3) is 0.250. The van der Waals surface area contributed by atoms with Crippen molar-refractivity contribution in [1.29, 1.82) is 0 Å². The lowest BCUT2D eigenvalue weighted by Gasteiger charge is -2.16. The molecule has 1 heterocycles. The quantitative estimate of drug-likeness (QED) is 0.647. The average molecular weight is 355 g/mol. The van der Waals surface area contributed by atoms with E-state index < -0.39 is 10.1 Å². The van der Waals surface area contributed by atoms with Crippen LogP contribution in [0, 0.1) is 34.6 Å². The fourth-order valence-electron chi connectivity index (χ4n) is 3.05. The lowest BCUT2D eigenvalue weighted by molar-refractivity contribution is 0.487. The molecule has 0 bridgehead atoms. The van der Waals surface area contributed by atoms with Gasteiger partial charge >= 0.3 is 10.1 Å². The van der Waals surface area contributed by atoms with Crippen LogP contribution in [0.5, 0.6) is 5.75 Å². The highest BCUT2D eigenvalue weighted by molar-refractivity contribution is 7.87. The van der Waals surface area contributed by atoms with Gasteiger partial charge in [-0.25, -0.2) is 0 Å². The maximum atomic E-state index is 13.1. The van der Waals surface area contributed by atoms with E-state index in [1.807, 2.05) is 65.0 Å². The Hall–Kier alpha value is -2.40. The van der Waals surface area contributed by atoms with Crippen LogP contribution < -0.4 is 4.18 Å². The molecule has 5 heteroatoms. The minimum atomic E-state index is -3.96. The molecular weight excluding hydrogens is 334 g/mol. The van der Waals surface area contributed by atoms with Gasteiger partial charge in [-0.15, -0.1) is 0 Å². The molecule has 0 unspecified atom stereocenters. The Morgan fingerprint density at radius 3 is 2.12 bits per heavy atom. The molecule has 3 rings (SSSR count). The van der Waals surface area contributed by atoms with E-state index in [4.69, 9.17) is 4.18 Å². The molecule has 4 nitrogen and oxygen atoms in total. The third kappa shape index (κ3) is 3.12. The van der Waals surface area contributed by atoms with E-state index in [0.717, 1.165) is 22.3 Å². The lowest BCUT2D eigenvalue weighted by atomic mass is 10.0. The SMILES string of the molecule is Cc1cc(OS(=O)(=O)c2c(C)c(C)cc(C)c2C)c2ccccc2n1. The zero-order valence-corrected chi connectivity index (χ0v) is 15.9. The molecule has 0 fully saturated rings. The highest BCUT2D eigenvalue weighted by atomic mass is 32.2. The van der Waals surface area contributed by atoms with Gasteiger partial charge in [0.25, 0.3) is 0 Å². The van der Waals surface area contributed by atoms with Crippen molar-refractivity contribution in [1.82, 2.24) is 4.98 Å². The van der Waals surface area contributed by atoms with Crippen molar-refractivity contribution in [2.75, 3.05) is 0 Å².